The molecule has 28 heavy (non-hydrogen) atoms. The van der Waals surface area contributed by atoms with Crippen molar-refractivity contribution < 1.29 is 14.4 Å². The van der Waals surface area contributed by atoms with E-state index in [4.69, 9.17) is 5.10 Å². The molecule has 2 fully saturated rings. The van der Waals surface area contributed by atoms with Gasteiger partial charge in [0.25, 0.3) is 11.8 Å². The molecule has 1 aliphatic heterocycles. The van der Waals surface area contributed by atoms with Gasteiger partial charge in [0.2, 0.25) is 5.91 Å². The Morgan fingerprint density at radius 1 is 1.04 bits per heavy atom. The first-order valence-corrected chi connectivity index (χ1v) is 9.91. The van der Waals surface area contributed by atoms with Gasteiger partial charge in [-0.15, -0.1) is 0 Å². The molecule has 5 rings (SSSR count). The van der Waals surface area contributed by atoms with Crippen LogP contribution in [-0.4, -0.2) is 45.5 Å². The molecular formula is C21H22N4O3. The van der Waals surface area contributed by atoms with Gasteiger partial charge in [-0.3, -0.25) is 24.0 Å². The summed E-state index contributed by atoms with van der Waals surface area (Å²) in [7, 11) is 0. The summed E-state index contributed by atoms with van der Waals surface area (Å²) in [6.45, 7) is 0.772. The van der Waals surface area contributed by atoms with Crippen molar-refractivity contribution in [2.45, 2.75) is 44.1 Å². The first-order valence-electron chi connectivity index (χ1n) is 9.91. The van der Waals surface area contributed by atoms with Crippen LogP contribution in [0.25, 0.3) is 0 Å². The predicted molar refractivity (Wildman–Crippen MR) is 101 cm³/mol. The number of nitrogens with one attached hydrogen (secondary N) is 1. The van der Waals surface area contributed by atoms with Gasteiger partial charge in [-0.1, -0.05) is 12.1 Å². The first-order chi connectivity index (χ1) is 13.6. The van der Waals surface area contributed by atoms with Crippen LogP contribution in [0.2, 0.25) is 0 Å². The topological polar surface area (TPSA) is 84.3 Å². The highest BCUT2D eigenvalue weighted by molar-refractivity contribution is 6.22. The van der Waals surface area contributed by atoms with Gasteiger partial charge in [-0.05, 0) is 43.9 Å². The lowest BCUT2D eigenvalue weighted by atomic mass is 10.1. The van der Waals surface area contributed by atoms with Gasteiger partial charge in [0.05, 0.1) is 23.4 Å². The van der Waals surface area contributed by atoms with Crippen molar-refractivity contribution in [3.05, 3.63) is 52.8 Å². The lowest BCUT2D eigenvalue weighted by Gasteiger charge is -2.14. The molecule has 3 aliphatic rings. The fourth-order valence-electron chi connectivity index (χ4n) is 3.80. The molecule has 7 nitrogen and oxygen atoms in total. The number of fused-ring (bicyclic) bond motifs is 1. The normalized spacial score (nSPS) is 18.5. The number of amides is 3. The minimum Gasteiger partial charge on any atom is -0.353 e. The van der Waals surface area contributed by atoms with E-state index in [9.17, 15) is 14.4 Å². The molecule has 0 atom stereocenters. The molecule has 2 aromatic rings. The Morgan fingerprint density at radius 2 is 1.68 bits per heavy atom. The van der Waals surface area contributed by atoms with Crippen LogP contribution < -0.4 is 5.32 Å². The van der Waals surface area contributed by atoms with Crippen molar-refractivity contribution in [2.24, 2.45) is 0 Å². The molecule has 0 unspecified atom stereocenters. The molecule has 0 bridgehead atoms. The smallest absolute Gasteiger partial charge is 0.262 e. The molecule has 0 spiro atoms. The second-order valence-corrected chi connectivity index (χ2v) is 7.86. The van der Waals surface area contributed by atoms with Crippen molar-refractivity contribution in [2.75, 3.05) is 13.1 Å². The summed E-state index contributed by atoms with van der Waals surface area (Å²) in [5.74, 6) is 0.0640. The first kappa shape index (κ1) is 17.2. The fraction of sp³-hybridized carbons (Fsp3) is 0.429. The molecule has 144 valence electrons. The van der Waals surface area contributed by atoms with Crippen LogP contribution in [-0.2, 0) is 11.3 Å². The molecule has 1 aromatic carbocycles. The van der Waals surface area contributed by atoms with Gasteiger partial charge in [0.1, 0.15) is 6.54 Å². The van der Waals surface area contributed by atoms with Crippen LogP contribution in [0.15, 0.2) is 30.3 Å². The van der Waals surface area contributed by atoms with Gasteiger partial charge in [0.15, 0.2) is 0 Å². The van der Waals surface area contributed by atoms with Gasteiger partial charge < -0.3 is 5.32 Å². The van der Waals surface area contributed by atoms with E-state index in [1.807, 2.05) is 4.68 Å². The lowest BCUT2D eigenvalue weighted by molar-refractivity contribution is -0.121. The Morgan fingerprint density at radius 3 is 2.29 bits per heavy atom. The zero-order valence-electron chi connectivity index (χ0n) is 15.6. The number of hydrogen-bond acceptors (Lipinski definition) is 4. The van der Waals surface area contributed by atoms with Gasteiger partial charge in [-0.25, -0.2) is 0 Å². The molecule has 7 heteroatoms. The van der Waals surface area contributed by atoms with Crippen LogP contribution in [0.3, 0.4) is 0 Å². The van der Waals surface area contributed by atoms with E-state index in [0.29, 0.717) is 36.1 Å². The molecule has 1 aromatic heterocycles. The fourth-order valence-corrected chi connectivity index (χ4v) is 3.80. The zero-order chi connectivity index (χ0) is 19.3. The summed E-state index contributed by atoms with van der Waals surface area (Å²) in [5, 5.41) is 7.55. The third kappa shape index (κ3) is 3.10. The molecule has 0 radical (unpaired) electrons. The molecule has 2 heterocycles. The molecule has 0 saturated heterocycles. The molecule has 1 N–H and O–H groups in total. The molecule has 2 aliphatic carbocycles. The highest BCUT2D eigenvalue weighted by Gasteiger charge is 2.36. The minimum absolute atomic E-state index is 0.256. The Balaban J connectivity index is 1.18. The Bertz CT molecular complexity index is 937. The van der Waals surface area contributed by atoms with Crippen molar-refractivity contribution in [1.82, 2.24) is 20.0 Å². The van der Waals surface area contributed by atoms with Crippen LogP contribution in [0.4, 0.5) is 0 Å². The van der Waals surface area contributed by atoms with Gasteiger partial charge in [-0.2, -0.15) is 5.10 Å². The highest BCUT2D eigenvalue weighted by Crippen LogP contribution is 2.44. The highest BCUT2D eigenvalue weighted by atomic mass is 16.2. The number of hydrogen-bond donors (Lipinski definition) is 1. The number of benzene rings is 1. The monoisotopic (exact) mass is 378 g/mol. The minimum atomic E-state index is -0.409. The van der Waals surface area contributed by atoms with E-state index >= 15 is 0 Å². The third-order valence-electron chi connectivity index (χ3n) is 5.65. The van der Waals surface area contributed by atoms with Crippen molar-refractivity contribution in [3.8, 4) is 0 Å². The quantitative estimate of drug-likeness (QED) is 0.748. The van der Waals surface area contributed by atoms with E-state index in [1.54, 1.807) is 24.3 Å². The van der Waals surface area contributed by atoms with Crippen LogP contribution in [0, 0.1) is 0 Å². The van der Waals surface area contributed by atoms with Crippen LogP contribution in [0.5, 0.6) is 0 Å². The summed E-state index contributed by atoms with van der Waals surface area (Å²) in [4.78, 5) is 38.0. The second kappa shape index (κ2) is 6.58. The summed E-state index contributed by atoms with van der Waals surface area (Å²) in [5.41, 5.74) is 3.17. The number of imide groups is 1. The number of nitrogens with zero attached hydrogens (tertiary/aromatic N) is 3. The maximum Gasteiger partial charge on any atom is 0.262 e. The average molecular weight is 378 g/mol. The van der Waals surface area contributed by atoms with Crippen molar-refractivity contribution in [1.29, 1.82) is 0 Å². The maximum atomic E-state index is 12.3. The van der Waals surface area contributed by atoms with E-state index < -0.39 is 11.8 Å². The number of carbonyl (C=O) groups excluding carboxylic acids is 3. The van der Waals surface area contributed by atoms with Gasteiger partial charge >= 0.3 is 0 Å². The maximum absolute atomic E-state index is 12.3. The second-order valence-electron chi connectivity index (χ2n) is 7.86. The molecule has 2 saturated carbocycles. The molecule has 3 amide bonds. The van der Waals surface area contributed by atoms with Gasteiger partial charge in [0, 0.05) is 24.1 Å². The Kier molecular flexibility index (Phi) is 4.03. The van der Waals surface area contributed by atoms with E-state index in [-0.39, 0.29) is 12.5 Å². The zero-order valence-corrected chi connectivity index (χ0v) is 15.6. The summed E-state index contributed by atoms with van der Waals surface area (Å²) in [6.07, 6.45) is 4.86. The van der Waals surface area contributed by atoms with Crippen molar-refractivity contribution >= 4 is 17.7 Å². The molecular weight excluding hydrogens is 356 g/mol. The lowest BCUT2D eigenvalue weighted by Crippen LogP contribution is -2.41. The largest absolute Gasteiger partial charge is 0.353 e. The predicted octanol–water partition coefficient (Wildman–Crippen LogP) is 2.05. The Hall–Kier alpha value is -2.96. The van der Waals surface area contributed by atoms with E-state index in [0.717, 1.165) is 4.90 Å². The Labute approximate surface area is 162 Å². The summed E-state index contributed by atoms with van der Waals surface area (Å²) < 4.78 is 2.02. The average Bonchev–Trinajstić information content (AvgIpc) is 3.63. The van der Waals surface area contributed by atoms with Crippen molar-refractivity contribution in [3.63, 3.8) is 0 Å². The number of carbonyl (C=O) groups is 3. The van der Waals surface area contributed by atoms with Crippen LogP contribution in [0.1, 0.15) is 69.6 Å². The standard InChI is InChI=1S/C21H22N4O3/c26-19(12-24-20(27)15-3-1-2-4-16(15)21(24)28)22-9-10-25-18(14-7-8-14)11-17(23-25)13-5-6-13/h1-4,11,13-14H,5-10,12H2,(H,22,26). The number of rotatable bonds is 7. The third-order valence-corrected chi connectivity index (χ3v) is 5.65. The summed E-state index contributed by atoms with van der Waals surface area (Å²) >= 11 is 0. The number of aromatic nitrogens is 2. The SMILES string of the molecule is O=C(CN1C(=O)c2ccccc2C1=O)NCCn1nc(C2CC2)cc1C1CC1. The van der Waals surface area contributed by atoms with Crippen LogP contribution >= 0.6 is 0 Å². The van der Waals surface area contributed by atoms with E-state index in [1.165, 1.54) is 37.1 Å². The van der Waals surface area contributed by atoms with E-state index in [2.05, 4.69) is 11.4 Å². The summed E-state index contributed by atoms with van der Waals surface area (Å²) in [6, 6.07) is 8.88.